The van der Waals surface area contributed by atoms with E-state index in [2.05, 4.69) is 5.32 Å². The second-order valence-electron chi connectivity index (χ2n) is 5.78. The molecule has 0 atom stereocenters. The molecular formula is C16H23NO3. The number of carbonyl (C=O) groups excluding carboxylic acids is 1. The minimum Gasteiger partial charge on any atom is -0.507 e. The van der Waals surface area contributed by atoms with Gasteiger partial charge in [-0.15, -0.1) is 0 Å². The van der Waals surface area contributed by atoms with E-state index < -0.39 is 0 Å². The van der Waals surface area contributed by atoms with Crippen molar-refractivity contribution in [3.05, 3.63) is 28.8 Å². The Morgan fingerprint density at radius 2 is 1.90 bits per heavy atom. The standard InChI is InChI=1S/C16H23NO3/c1-10-3-8-14(15(19)11(10)2)16(20)17-13-6-4-12(9-18)5-7-13/h3,8,12-13,18-19H,4-7,9H2,1-2H3,(H,17,20). The van der Waals surface area contributed by atoms with Crippen LogP contribution in [0.1, 0.15) is 47.2 Å². The highest BCUT2D eigenvalue weighted by Crippen LogP contribution is 2.27. The maximum Gasteiger partial charge on any atom is 0.255 e. The first kappa shape index (κ1) is 14.9. The minimum absolute atomic E-state index is 0.0755. The van der Waals surface area contributed by atoms with E-state index in [1.807, 2.05) is 19.9 Å². The Morgan fingerprint density at radius 3 is 2.50 bits per heavy atom. The third-order valence-electron chi connectivity index (χ3n) is 4.39. The number of hydrogen-bond acceptors (Lipinski definition) is 3. The number of carbonyl (C=O) groups is 1. The number of aryl methyl sites for hydroxylation is 1. The van der Waals surface area contributed by atoms with Crippen LogP contribution in [0.15, 0.2) is 12.1 Å². The molecule has 0 spiro atoms. The molecule has 0 bridgehead atoms. The van der Waals surface area contributed by atoms with Crippen molar-refractivity contribution in [3.8, 4) is 5.75 Å². The van der Waals surface area contributed by atoms with Gasteiger partial charge < -0.3 is 15.5 Å². The second-order valence-corrected chi connectivity index (χ2v) is 5.78. The molecule has 1 aliphatic carbocycles. The fourth-order valence-electron chi connectivity index (χ4n) is 2.74. The normalized spacial score (nSPS) is 22.6. The number of aliphatic hydroxyl groups is 1. The van der Waals surface area contributed by atoms with Gasteiger partial charge in [0.2, 0.25) is 0 Å². The van der Waals surface area contributed by atoms with Crippen molar-refractivity contribution < 1.29 is 15.0 Å². The van der Waals surface area contributed by atoms with Crippen molar-refractivity contribution in [1.82, 2.24) is 5.32 Å². The monoisotopic (exact) mass is 277 g/mol. The number of benzene rings is 1. The van der Waals surface area contributed by atoms with E-state index >= 15 is 0 Å². The Kier molecular flexibility index (Phi) is 4.65. The van der Waals surface area contributed by atoms with Crippen LogP contribution in [0, 0.1) is 19.8 Å². The van der Waals surface area contributed by atoms with Crippen LogP contribution in [0.3, 0.4) is 0 Å². The average molecular weight is 277 g/mol. The van der Waals surface area contributed by atoms with Gasteiger partial charge in [0.1, 0.15) is 5.75 Å². The zero-order chi connectivity index (χ0) is 14.7. The predicted molar refractivity (Wildman–Crippen MR) is 77.9 cm³/mol. The molecule has 4 nitrogen and oxygen atoms in total. The van der Waals surface area contributed by atoms with E-state index in [1.165, 1.54) is 0 Å². The van der Waals surface area contributed by atoms with E-state index in [-0.39, 0.29) is 24.3 Å². The number of phenolic OH excluding ortho intramolecular Hbond substituents is 1. The van der Waals surface area contributed by atoms with Crippen molar-refractivity contribution in [2.75, 3.05) is 6.61 Å². The largest absolute Gasteiger partial charge is 0.507 e. The van der Waals surface area contributed by atoms with E-state index in [1.54, 1.807) is 6.07 Å². The molecule has 1 aromatic carbocycles. The first-order chi connectivity index (χ1) is 9.52. The molecule has 4 heteroatoms. The summed E-state index contributed by atoms with van der Waals surface area (Å²) in [6, 6.07) is 3.67. The molecule has 2 rings (SSSR count). The molecule has 1 aromatic rings. The number of hydrogen-bond donors (Lipinski definition) is 3. The van der Waals surface area contributed by atoms with Crippen molar-refractivity contribution in [3.63, 3.8) is 0 Å². The maximum absolute atomic E-state index is 12.2. The molecular weight excluding hydrogens is 254 g/mol. The fourth-order valence-corrected chi connectivity index (χ4v) is 2.74. The number of nitrogens with one attached hydrogen (secondary N) is 1. The van der Waals surface area contributed by atoms with Crippen LogP contribution in [0.25, 0.3) is 0 Å². The summed E-state index contributed by atoms with van der Waals surface area (Å²) in [5.41, 5.74) is 2.07. The predicted octanol–water partition coefficient (Wildman–Crippen LogP) is 2.29. The summed E-state index contributed by atoms with van der Waals surface area (Å²) >= 11 is 0. The van der Waals surface area contributed by atoms with Gasteiger partial charge in [0, 0.05) is 12.6 Å². The summed E-state index contributed by atoms with van der Waals surface area (Å²) in [5.74, 6) is 0.239. The molecule has 0 unspecified atom stereocenters. The molecule has 1 saturated carbocycles. The Morgan fingerprint density at radius 1 is 1.25 bits per heavy atom. The summed E-state index contributed by atoms with van der Waals surface area (Å²) in [6.07, 6.45) is 3.67. The average Bonchev–Trinajstić information content (AvgIpc) is 2.45. The van der Waals surface area contributed by atoms with E-state index in [0.717, 1.165) is 36.8 Å². The van der Waals surface area contributed by atoms with Gasteiger partial charge in [-0.3, -0.25) is 4.79 Å². The molecule has 110 valence electrons. The van der Waals surface area contributed by atoms with Crippen LogP contribution in [0.4, 0.5) is 0 Å². The molecule has 3 N–H and O–H groups in total. The highest BCUT2D eigenvalue weighted by Gasteiger charge is 2.23. The van der Waals surface area contributed by atoms with Gasteiger partial charge in [0.05, 0.1) is 5.56 Å². The smallest absolute Gasteiger partial charge is 0.255 e. The maximum atomic E-state index is 12.2. The van der Waals surface area contributed by atoms with Crippen LogP contribution in [0.5, 0.6) is 5.75 Å². The lowest BCUT2D eigenvalue weighted by Crippen LogP contribution is -2.38. The van der Waals surface area contributed by atoms with Gasteiger partial charge in [0.25, 0.3) is 5.91 Å². The Labute approximate surface area is 119 Å². The zero-order valence-corrected chi connectivity index (χ0v) is 12.1. The zero-order valence-electron chi connectivity index (χ0n) is 12.1. The topological polar surface area (TPSA) is 69.6 Å². The molecule has 0 saturated heterocycles. The fraction of sp³-hybridized carbons (Fsp3) is 0.562. The van der Waals surface area contributed by atoms with Crippen molar-refractivity contribution >= 4 is 5.91 Å². The van der Waals surface area contributed by atoms with E-state index in [0.29, 0.717) is 11.5 Å². The molecule has 0 radical (unpaired) electrons. The Hall–Kier alpha value is -1.55. The van der Waals surface area contributed by atoms with Crippen LogP contribution in [-0.2, 0) is 0 Å². The number of phenols is 1. The third kappa shape index (κ3) is 3.12. The summed E-state index contributed by atoms with van der Waals surface area (Å²) in [5, 5.41) is 22.2. The lowest BCUT2D eigenvalue weighted by Gasteiger charge is -2.28. The summed E-state index contributed by atoms with van der Waals surface area (Å²) in [6.45, 7) is 3.96. The van der Waals surface area contributed by atoms with E-state index in [4.69, 9.17) is 5.11 Å². The molecule has 1 fully saturated rings. The number of aliphatic hydroxyl groups excluding tert-OH is 1. The summed E-state index contributed by atoms with van der Waals surface area (Å²) in [7, 11) is 0. The van der Waals surface area contributed by atoms with Crippen LogP contribution in [-0.4, -0.2) is 28.8 Å². The quantitative estimate of drug-likeness (QED) is 0.794. The molecule has 0 aliphatic heterocycles. The molecule has 1 amide bonds. The van der Waals surface area contributed by atoms with Gasteiger partial charge in [-0.1, -0.05) is 6.07 Å². The molecule has 20 heavy (non-hydrogen) atoms. The Balaban J connectivity index is 2.01. The molecule has 1 aliphatic rings. The van der Waals surface area contributed by atoms with Gasteiger partial charge in [-0.05, 0) is 62.6 Å². The second kappa shape index (κ2) is 6.27. The van der Waals surface area contributed by atoms with Crippen molar-refractivity contribution in [1.29, 1.82) is 0 Å². The number of rotatable bonds is 3. The number of aromatic hydroxyl groups is 1. The third-order valence-corrected chi connectivity index (χ3v) is 4.39. The summed E-state index contributed by atoms with van der Waals surface area (Å²) < 4.78 is 0. The van der Waals surface area contributed by atoms with Gasteiger partial charge in [-0.2, -0.15) is 0 Å². The molecule has 0 aromatic heterocycles. The van der Waals surface area contributed by atoms with Crippen molar-refractivity contribution in [2.45, 2.75) is 45.6 Å². The molecule has 0 heterocycles. The lowest BCUT2D eigenvalue weighted by atomic mass is 9.86. The van der Waals surface area contributed by atoms with Crippen LogP contribution < -0.4 is 5.32 Å². The minimum atomic E-state index is -0.210. The first-order valence-corrected chi connectivity index (χ1v) is 7.23. The first-order valence-electron chi connectivity index (χ1n) is 7.23. The van der Waals surface area contributed by atoms with Gasteiger partial charge in [-0.25, -0.2) is 0 Å². The SMILES string of the molecule is Cc1ccc(C(=O)NC2CCC(CO)CC2)c(O)c1C. The van der Waals surface area contributed by atoms with Gasteiger partial charge >= 0.3 is 0 Å². The number of amides is 1. The van der Waals surface area contributed by atoms with E-state index in [9.17, 15) is 9.90 Å². The lowest BCUT2D eigenvalue weighted by molar-refractivity contribution is 0.0911. The highest BCUT2D eigenvalue weighted by atomic mass is 16.3. The van der Waals surface area contributed by atoms with Gasteiger partial charge in [0.15, 0.2) is 0 Å². The highest BCUT2D eigenvalue weighted by molar-refractivity contribution is 5.97. The van der Waals surface area contributed by atoms with Crippen molar-refractivity contribution in [2.24, 2.45) is 5.92 Å². The summed E-state index contributed by atoms with van der Waals surface area (Å²) in [4.78, 5) is 12.2. The van der Waals surface area contributed by atoms with Crippen LogP contribution >= 0.6 is 0 Å². The van der Waals surface area contributed by atoms with Crippen LogP contribution in [0.2, 0.25) is 0 Å². The Bertz CT molecular complexity index is 491.